The number of amides is 5. The third-order valence-corrected chi connectivity index (χ3v) is 10.7. The largest absolute Gasteiger partial charge is 0.492 e. The molecule has 1 aliphatic rings. The number of hydrogen-bond donors (Lipinski definition) is 7. The van der Waals surface area contributed by atoms with E-state index in [1.54, 1.807) is 36.4 Å². The van der Waals surface area contributed by atoms with Crippen LogP contribution in [0.15, 0.2) is 54.6 Å². The van der Waals surface area contributed by atoms with E-state index < -0.39 is 47.8 Å². The van der Waals surface area contributed by atoms with Gasteiger partial charge in [-0.1, -0.05) is 50.5 Å². The molecule has 1 aliphatic heterocycles. The number of likely N-dealkylation sites (N-methyl/N-ethyl adjacent to an activating group) is 1. The van der Waals surface area contributed by atoms with Crippen molar-refractivity contribution in [1.82, 2.24) is 26.2 Å². The first-order valence-corrected chi connectivity index (χ1v) is 21.4. The molecule has 0 spiro atoms. The number of nitriles is 1. The molecule has 1 heterocycles. The summed E-state index contributed by atoms with van der Waals surface area (Å²) in [7, 11) is 1.48. The topological polar surface area (TPSA) is 257 Å². The summed E-state index contributed by atoms with van der Waals surface area (Å²) in [5, 5.41) is 20.1. The van der Waals surface area contributed by atoms with Gasteiger partial charge >= 0.3 is 0 Å². The Morgan fingerprint density at radius 3 is 2.24 bits per heavy atom. The SMILES string of the molecule is CCCCCCc1ccc(C(=O)N[C@@H](CCN)CC(=O)N(C)[C@@H]2C(=O)N[C@@H](C)C(=O)N[C@H](C(=O)NCC#N)Cc3ccc(OCCN)c(c3)-c3cc2ccc3OCCN)c(C)c1. The Labute approximate surface area is 364 Å². The van der Waals surface area contributed by atoms with Gasteiger partial charge in [0.05, 0.1) is 6.07 Å². The number of hydrogen-bond acceptors (Lipinski definition) is 11. The monoisotopic (exact) mass is 853 g/mol. The van der Waals surface area contributed by atoms with Gasteiger partial charge in [-0.05, 0) is 92.2 Å². The Morgan fingerprint density at radius 2 is 1.60 bits per heavy atom. The van der Waals surface area contributed by atoms with Crippen molar-refractivity contribution in [2.45, 2.75) is 96.3 Å². The van der Waals surface area contributed by atoms with Crippen LogP contribution in [0.1, 0.15) is 91.0 Å². The first-order valence-electron chi connectivity index (χ1n) is 21.4. The van der Waals surface area contributed by atoms with Crippen LogP contribution in [-0.4, -0.2) is 99.0 Å². The standard InChI is InChI=1S/C46H63N9O7/c1-5-6-7-8-9-31-10-13-35(29(2)24-31)44(58)53-34(16-17-47)28-41(56)55(4)42-33-12-15-40(62-23-20-50)37(27-33)36-25-32(11-14-39(36)61-22-19-49)26-38(45(59)51-21-18-48)54-43(57)30(3)52-46(42)60/h10-15,24-25,27,30,34,38,42H,5-9,16-17,19-23,26,28,47,49-50H2,1-4H3,(H,51,59)(H,52,60)(H,53,58)(H,54,57)/t30-,34-,38-,42-/m0/s1. The van der Waals surface area contributed by atoms with E-state index in [1.165, 1.54) is 25.3 Å². The lowest BCUT2D eigenvalue weighted by Gasteiger charge is -2.31. The quantitative estimate of drug-likeness (QED) is 0.0643. The van der Waals surface area contributed by atoms with Gasteiger partial charge in [-0.15, -0.1) is 0 Å². The second kappa shape index (κ2) is 24.4. The molecular formula is C46H63N9O7. The molecule has 4 bridgehead atoms. The van der Waals surface area contributed by atoms with Crippen molar-refractivity contribution in [1.29, 1.82) is 5.26 Å². The fourth-order valence-corrected chi connectivity index (χ4v) is 7.41. The van der Waals surface area contributed by atoms with Crippen LogP contribution >= 0.6 is 0 Å². The summed E-state index contributed by atoms with van der Waals surface area (Å²) < 4.78 is 12.2. The van der Waals surface area contributed by atoms with Gasteiger partial charge in [-0.2, -0.15) is 5.26 Å². The molecule has 334 valence electrons. The van der Waals surface area contributed by atoms with Crippen LogP contribution in [0.4, 0.5) is 0 Å². The van der Waals surface area contributed by atoms with Crippen molar-refractivity contribution in [3.8, 4) is 28.7 Å². The van der Waals surface area contributed by atoms with E-state index in [0.29, 0.717) is 39.3 Å². The Hall–Kier alpha value is -6.02. The van der Waals surface area contributed by atoms with Crippen molar-refractivity contribution in [3.63, 3.8) is 0 Å². The molecule has 0 aliphatic carbocycles. The number of nitrogens with two attached hydrogens (primary N) is 3. The molecule has 0 fully saturated rings. The van der Waals surface area contributed by atoms with Gasteiger partial charge in [-0.3, -0.25) is 24.0 Å². The molecular weight excluding hydrogens is 791 g/mol. The molecule has 10 N–H and O–H groups in total. The molecule has 3 aromatic carbocycles. The lowest BCUT2D eigenvalue weighted by Crippen LogP contribution is -2.55. The molecule has 62 heavy (non-hydrogen) atoms. The Kier molecular flexibility index (Phi) is 19.2. The van der Waals surface area contributed by atoms with E-state index in [0.717, 1.165) is 36.8 Å². The maximum atomic E-state index is 14.5. The average Bonchev–Trinajstić information content (AvgIpc) is 3.25. The molecule has 5 amide bonds. The second-order valence-electron chi connectivity index (χ2n) is 15.6. The average molecular weight is 854 g/mol. The lowest BCUT2D eigenvalue weighted by molar-refractivity contribution is -0.140. The maximum Gasteiger partial charge on any atom is 0.251 e. The van der Waals surface area contributed by atoms with Crippen LogP contribution in [0.2, 0.25) is 0 Å². The zero-order valence-electron chi connectivity index (χ0n) is 36.4. The lowest BCUT2D eigenvalue weighted by atomic mass is 9.93. The highest BCUT2D eigenvalue weighted by Gasteiger charge is 2.34. The number of rotatable bonds is 20. The van der Waals surface area contributed by atoms with Crippen LogP contribution < -0.4 is 47.9 Å². The van der Waals surface area contributed by atoms with Gasteiger partial charge in [-0.25, -0.2) is 0 Å². The Balaban J connectivity index is 1.75. The predicted octanol–water partition coefficient (Wildman–Crippen LogP) is 2.68. The highest BCUT2D eigenvalue weighted by atomic mass is 16.5. The number of nitrogens with zero attached hydrogens (tertiary/aromatic N) is 2. The van der Waals surface area contributed by atoms with Gasteiger partial charge in [0.25, 0.3) is 5.91 Å². The highest BCUT2D eigenvalue weighted by molar-refractivity contribution is 5.97. The van der Waals surface area contributed by atoms with Crippen LogP contribution in [0.5, 0.6) is 11.5 Å². The first kappa shape index (κ1) is 48.6. The molecule has 4 atom stereocenters. The normalized spacial score (nSPS) is 16.7. The number of fused-ring (bicyclic) bond motifs is 5. The third kappa shape index (κ3) is 13.5. The Bertz CT molecular complexity index is 2070. The van der Waals surface area contributed by atoms with Crippen molar-refractivity contribution >= 4 is 29.5 Å². The minimum absolute atomic E-state index is 0.0247. The van der Waals surface area contributed by atoms with Gasteiger partial charge in [0.15, 0.2) is 0 Å². The zero-order chi connectivity index (χ0) is 45.2. The van der Waals surface area contributed by atoms with E-state index >= 15 is 0 Å². The third-order valence-electron chi connectivity index (χ3n) is 10.7. The number of unbranched alkanes of at least 4 members (excludes halogenated alkanes) is 3. The van der Waals surface area contributed by atoms with Gasteiger partial charge < -0.3 is 52.8 Å². The Morgan fingerprint density at radius 1 is 0.903 bits per heavy atom. The summed E-state index contributed by atoms with van der Waals surface area (Å²) in [4.78, 5) is 70.6. The van der Waals surface area contributed by atoms with E-state index in [-0.39, 0.29) is 64.6 Å². The van der Waals surface area contributed by atoms with Crippen molar-refractivity contribution in [2.24, 2.45) is 17.2 Å². The number of ether oxygens (including phenoxy) is 2. The predicted molar refractivity (Wildman–Crippen MR) is 237 cm³/mol. The number of carbonyl (C=O) groups is 5. The van der Waals surface area contributed by atoms with E-state index in [1.807, 2.05) is 31.2 Å². The fraction of sp³-hybridized carbons (Fsp3) is 0.478. The second-order valence-corrected chi connectivity index (χ2v) is 15.6. The summed E-state index contributed by atoms with van der Waals surface area (Å²) in [6.07, 6.45) is 5.62. The van der Waals surface area contributed by atoms with E-state index in [4.69, 9.17) is 31.9 Å². The summed E-state index contributed by atoms with van der Waals surface area (Å²) in [6, 6.07) is 13.7. The molecule has 16 nitrogen and oxygen atoms in total. The maximum absolute atomic E-state index is 14.5. The van der Waals surface area contributed by atoms with Gasteiger partial charge in [0.2, 0.25) is 23.6 Å². The minimum Gasteiger partial charge on any atom is -0.492 e. The molecule has 0 aromatic heterocycles. The molecule has 0 saturated carbocycles. The van der Waals surface area contributed by atoms with Crippen LogP contribution in [-0.2, 0) is 32.0 Å². The number of benzene rings is 3. The molecule has 4 rings (SSSR count). The van der Waals surface area contributed by atoms with Gasteiger partial charge in [0, 0.05) is 55.7 Å². The summed E-state index contributed by atoms with van der Waals surface area (Å²) >= 11 is 0. The molecule has 0 radical (unpaired) electrons. The smallest absolute Gasteiger partial charge is 0.251 e. The summed E-state index contributed by atoms with van der Waals surface area (Å²) in [5.41, 5.74) is 22.1. The number of carbonyl (C=O) groups excluding carboxylic acids is 5. The number of nitrogens with one attached hydrogen (secondary N) is 4. The van der Waals surface area contributed by atoms with Gasteiger partial charge in [0.1, 0.15) is 49.4 Å². The van der Waals surface area contributed by atoms with E-state index in [2.05, 4.69) is 28.2 Å². The molecule has 0 unspecified atom stereocenters. The van der Waals surface area contributed by atoms with E-state index in [9.17, 15) is 24.0 Å². The molecule has 0 saturated heterocycles. The van der Waals surface area contributed by atoms with Crippen LogP contribution in [0.25, 0.3) is 11.1 Å². The molecule has 16 heteroatoms. The zero-order valence-corrected chi connectivity index (χ0v) is 36.4. The molecule has 3 aromatic rings. The van der Waals surface area contributed by atoms with Crippen molar-refractivity contribution in [3.05, 3.63) is 82.4 Å². The summed E-state index contributed by atoms with van der Waals surface area (Å²) in [5.74, 6) is -1.94. The fourth-order valence-electron chi connectivity index (χ4n) is 7.41. The highest BCUT2D eigenvalue weighted by Crippen LogP contribution is 2.40. The van der Waals surface area contributed by atoms with Crippen molar-refractivity contribution < 1.29 is 33.4 Å². The minimum atomic E-state index is -1.30. The summed E-state index contributed by atoms with van der Waals surface area (Å²) in [6.45, 7) is 6.19. The van der Waals surface area contributed by atoms with Crippen LogP contribution in [0.3, 0.4) is 0 Å². The number of aryl methyl sites for hydroxylation is 2. The van der Waals surface area contributed by atoms with Crippen LogP contribution in [0, 0.1) is 18.3 Å². The van der Waals surface area contributed by atoms with Crippen molar-refractivity contribution in [2.75, 3.05) is 46.4 Å². The first-order chi connectivity index (χ1) is 29.8.